The summed E-state index contributed by atoms with van der Waals surface area (Å²) in [6, 6.07) is 5.42. The highest BCUT2D eigenvalue weighted by molar-refractivity contribution is 5.92. The van der Waals surface area contributed by atoms with Crippen LogP contribution in [0.15, 0.2) is 35.4 Å². The lowest BCUT2D eigenvalue weighted by Crippen LogP contribution is -2.50. The molecule has 0 unspecified atom stereocenters. The molecule has 3 heterocycles. The number of aromatic nitrogens is 3. The second-order valence-electron chi connectivity index (χ2n) is 6.46. The molecule has 0 aromatic carbocycles. The van der Waals surface area contributed by atoms with Crippen LogP contribution < -0.4 is 10.5 Å². The average Bonchev–Trinajstić information content (AvgIpc) is 2.63. The van der Waals surface area contributed by atoms with E-state index in [4.69, 9.17) is 4.74 Å². The van der Waals surface area contributed by atoms with Gasteiger partial charge in [0.1, 0.15) is 5.69 Å². The van der Waals surface area contributed by atoms with Crippen molar-refractivity contribution in [2.24, 2.45) is 7.05 Å². The van der Waals surface area contributed by atoms with E-state index >= 15 is 0 Å². The van der Waals surface area contributed by atoms with Crippen molar-refractivity contribution in [3.63, 3.8) is 0 Å². The van der Waals surface area contributed by atoms with E-state index in [9.17, 15) is 9.59 Å². The molecule has 1 aliphatic rings. The molecule has 1 amide bonds. The van der Waals surface area contributed by atoms with Crippen molar-refractivity contribution < 1.29 is 9.53 Å². The maximum atomic E-state index is 12.7. The van der Waals surface area contributed by atoms with E-state index < -0.39 is 0 Å². The van der Waals surface area contributed by atoms with Crippen LogP contribution in [-0.4, -0.2) is 64.7 Å². The van der Waals surface area contributed by atoms with Gasteiger partial charge in [-0.1, -0.05) is 6.07 Å². The van der Waals surface area contributed by atoms with E-state index in [0.717, 1.165) is 5.69 Å². The predicted molar refractivity (Wildman–Crippen MR) is 97.4 cm³/mol. The number of morpholine rings is 1. The number of likely N-dealkylation sites (N-methyl/N-ethyl adjacent to an activating group) is 1. The van der Waals surface area contributed by atoms with E-state index in [-0.39, 0.29) is 17.6 Å². The first kappa shape index (κ1) is 18.1. The van der Waals surface area contributed by atoms with Crippen molar-refractivity contribution in [2.45, 2.75) is 13.0 Å². The lowest BCUT2D eigenvalue weighted by Gasteiger charge is -2.34. The number of hydrogen-bond acceptors (Lipinski definition) is 6. The van der Waals surface area contributed by atoms with Gasteiger partial charge in [-0.3, -0.25) is 9.59 Å². The molecule has 0 N–H and O–H groups in total. The standard InChI is InChI=1S/C18H23N5O3/c1-13-5-4-6-15(20-13)17(24)23-9-10-26-14(12-23)11-22(3)16-18(25)21(2)8-7-19-16/h4-8,14H,9-12H2,1-3H3/t14-/m1/s1. The SMILES string of the molecule is Cc1cccc(C(=O)N2CCO[C@H](CN(C)c3nccn(C)c3=O)C2)n1. The van der Waals surface area contributed by atoms with Crippen LogP contribution >= 0.6 is 0 Å². The van der Waals surface area contributed by atoms with Crippen molar-refractivity contribution in [2.75, 3.05) is 38.2 Å². The van der Waals surface area contributed by atoms with Gasteiger partial charge in [0.2, 0.25) is 0 Å². The Labute approximate surface area is 152 Å². The first-order valence-electron chi connectivity index (χ1n) is 8.53. The molecule has 2 aromatic rings. The number of nitrogens with zero attached hydrogens (tertiary/aromatic N) is 5. The van der Waals surface area contributed by atoms with E-state index in [1.807, 2.05) is 19.1 Å². The van der Waals surface area contributed by atoms with Crippen molar-refractivity contribution in [3.8, 4) is 0 Å². The number of pyridine rings is 1. The lowest BCUT2D eigenvalue weighted by molar-refractivity contribution is -0.0174. The third kappa shape index (κ3) is 3.91. The fourth-order valence-corrected chi connectivity index (χ4v) is 2.98. The third-order valence-corrected chi connectivity index (χ3v) is 4.37. The van der Waals surface area contributed by atoms with Crippen LogP contribution in [0, 0.1) is 6.92 Å². The molecular formula is C18H23N5O3. The number of carbonyl (C=O) groups excluding carboxylic acids is 1. The Morgan fingerprint density at radius 2 is 2.23 bits per heavy atom. The summed E-state index contributed by atoms with van der Waals surface area (Å²) < 4.78 is 7.27. The first-order valence-corrected chi connectivity index (χ1v) is 8.53. The molecule has 26 heavy (non-hydrogen) atoms. The Kier molecular flexibility index (Phi) is 5.32. The van der Waals surface area contributed by atoms with Crippen LogP contribution in [0.25, 0.3) is 0 Å². The normalized spacial score (nSPS) is 17.2. The molecule has 8 nitrogen and oxygen atoms in total. The summed E-state index contributed by atoms with van der Waals surface area (Å²) in [4.78, 5) is 36.9. The number of aryl methyl sites for hydroxylation is 2. The Morgan fingerprint density at radius 3 is 3.00 bits per heavy atom. The van der Waals surface area contributed by atoms with E-state index in [0.29, 0.717) is 37.8 Å². The Bertz CT molecular complexity index is 851. The average molecular weight is 357 g/mol. The minimum Gasteiger partial charge on any atom is -0.373 e. The zero-order chi connectivity index (χ0) is 18.7. The Morgan fingerprint density at radius 1 is 1.42 bits per heavy atom. The largest absolute Gasteiger partial charge is 0.373 e. The minimum absolute atomic E-state index is 0.0987. The van der Waals surface area contributed by atoms with Crippen LogP contribution in [0.4, 0.5) is 5.82 Å². The summed E-state index contributed by atoms with van der Waals surface area (Å²) >= 11 is 0. The molecule has 0 spiro atoms. The van der Waals surface area contributed by atoms with Gasteiger partial charge >= 0.3 is 0 Å². The summed E-state index contributed by atoms with van der Waals surface area (Å²) in [6.45, 7) is 3.76. The lowest BCUT2D eigenvalue weighted by atomic mass is 10.2. The number of amides is 1. The molecule has 0 aliphatic carbocycles. The number of anilines is 1. The van der Waals surface area contributed by atoms with Crippen LogP contribution in [0.3, 0.4) is 0 Å². The summed E-state index contributed by atoms with van der Waals surface area (Å²) in [6.07, 6.45) is 3.01. The van der Waals surface area contributed by atoms with Gasteiger partial charge in [0.25, 0.3) is 11.5 Å². The summed E-state index contributed by atoms with van der Waals surface area (Å²) in [5.74, 6) is 0.265. The summed E-state index contributed by atoms with van der Waals surface area (Å²) in [7, 11) is 3.49. The van der Waals surface area contributed by atoms with Gasteiger partial charge in [0, 0.05) is 51.8 Å². The van der Waals surface area contributed by atoms with Crippen LogP contribution in [0.1, 0.15) is 16.2 Å². The number of ether oxygens (including phenoxy) is 1. The smallest absolute Gasteiger partial charge is 0.293 e. The molecule has 138 valence electrons. The molecule has 0 radical (unpaired) electrons. The molecule has 1 aliphatic heterocycles. The number of hydrogen-bond donors (Lipinski definition) is 0. The van der Waals surface area contributed by atoms with Crippen LogP contribution in [0.2, 0.25) is 0 Å². The molecule has 2 aromatic heterocycles. The fourth-order valence-electron chi connectivity index (χ4n) is 2.98. The predicted octanol–water partition coefficient (Wildman–Crippen LogP) is 0.461. The molecule has 1 saturated heterocycles. The summed E-state index contributed by atoms with van der Waals surface area (Å²) in [5, 5.41) is 0. The fraction of sp³-hybridized carbons (Fsp3) is 0.444. The first-order chi connectivity index (χ1) is 12.5. The third-order valence-electron chi connectivity index (χ3n) is 4.37. The van der Waals surface area contributed by atoms with Gasteiger partial charge in [-0.25, -0.2) is 9.97 Å². The van der Waals surface area contributed by atoms with Crippen molar-refractivity contribution >= 4 is 11.7 Å². The van der Waals surface area contributed by atoms with Gasteiger partial charge in [0.05, 0.1) is 12.7 Å². The van der Waals surface area contributed by atoms with Crippen molar-refractivity contribution in [1.29, 1.82) is 0 Å². The van der Waals surface area contributed by atoms with Crippen LogP contribution in [0.5, 0.6) is 0 Å². The van der Waals surface area contributed by atoms with Crippen molar-refractivity contribution in [1.82, 2.24) is 19.4 Å². The van der Waals surface area contributed by atoms with E-state index in [2.05, 4.69) is 9.97 Å². The second-order valence-corrected chi connectivity index (χ2v) is 6.46. The maximum Gasteiger partial charge on any atom is 0.293 e. The van der Waals surface area contributed by atoms with Gasteiger partial charge < -0.3 is 19.1 Å². The Balaban J connectivity index is 1.67. The molecule has 0 bridgehead atoms. The van der Waals surface area contributed by atoms with Crippen molar-refractivity contribution in [3.05, 3.63) is 52.3 Å². The highest BCUT2D eigenvalue weighted by Crippen LogP contribution is 2.12. The zero-order valence-electron chi connectivity index (χ0n) is 15.3. The van der Waals surface area contributed by atoms with Crippen LogP contribution in [-0.2, 0) is 11.8 Å². The van der Waals surface area contributed by atoms with Gasteiger partial charge in [-0.05, 0) is 19.1 Å². The highest BCUT2D eigenvalue weighted by Gasteiger charge is 2.27. The molecule has 8 heteroatoms. The Hall–Kier alpha value is -2.74. The highest BCUT2D eigenvalue weighted by atomic mass is 16.5. The van der Waals surface area contributed by atoms with Gasteiger partial charge in [-0.2, -0.15) is 0 Å². The topological polar surface area (TPSA) is 80.6 Å². The molecule has 3 rings (SSSR count). The zero-order valence-corrected chi connectivity index (χ0v) is 15.3. The maximum absolute atomic E-state index is 12.7. The quantitative estimate of drug-likeness (QED) is 0.791. The number of rotatable bonds is 4. The van der Waals surface area contributed by atoms with E-state index in [1.54, 1.807) is 42.4 Å². The molecular weight excluding hydrogens is 334 g/mol. The molecule has 0 saturated carbocycles. The van der Waals surface area contributed by atoms with Gasteiger partial charge in [-0.15, -0.1) is 0 Å². The monoisotopic (exact) mass is 357 g/mol. The molecule has 1 atom stereocenters. The van der Waals surface area contributed by atoms with E-state index in [1.165, 1.54) is 4.57 Å². The minimum atomic E-state index is -0.200. The molecule has 1 fully saturated rings. The second kappa shape index (κ2) is 7.65. The summed E-state index contributed by atoms with van der Waals surface area (Å²) in [5.41, 5.74) is 1.09. The van der Waals surface area contributed by atoms with Gasteiger partial charge in [0.15, 0.2) is 5.82 Å². The number of carbonyl (C=O) groups is 1.